The van der Waals surface area contributed by atoms with Gasteiger partial charge in [0.25, 0.3) is 5.92 Å². The van der Waals surface area contributed by atoms with E-state index in [9.17, 15) is 22.0 Å². The largest absolute Gasteiger partial charge is 0.395 e. The molecule has 2 rings (SSSR count). The summed E-state index contributed by atoms with van der Waals surface area (Å²) in [5, 5.41) is 11.0. The third-order valence-corrected chi connectivity index (χ3v) is 5.79. The van der Waals surface area contributed by atoms with E-state index in [2.05, 4.69) is 11.9 Å². The van der Waals surface area contributed by atoms with Crippen molar-refractivity contribution in [2.75, 3.05) is 18.9 Å². The Kier molecular flexibility index (Phi) is 7.26. The maximum Gasteiger partial charge on any atom is 0.291 e. The molecule has 0 heterocycles. The van der Waals surface area contributed by atoms with Crippen LogP contribution in [0.1, 0.15) is 16.7 Å². The zero-order chi connectivity index (χ0) is 21.7. The monoisotopic (exact) mass is 423 g/mol. The van der Waals surface area contributed by atoms with Crippen LogP contribution in [0.3, 0.4) is 0 Å². The van der Waals surface area contributed by atoms with Crippen LogP contribution in [0.15, 0.2) is 55.1 Å². The number of amides is 1. The van der Waals surface area contributed by atoms with Crippen LogP contribution in [0, 0.1) is 6.92 Å². The Morgan fingerprint density at radius 1 is 1.21 bits per heavy atom. The first-order chi connectivity index (χ1) is 13.6. The number of hydrogen-bond acceptors (Lipinski definition) is 4. The van der Waals surface area contributed by atoms with Crippen LogP contribution in [0.4, 0.5) is 8.78 Å². The lowest BCUT2D eigenvalue weighted by molar-refractivity contribution is -0.118. The molecule has 5 nitrogen and oxygen atoms in total. The van der Waals surface area contributed by atoms with E-state index in [1.807, 2.05) is 0 Å². The SMILES string of the molecule is C=CC(F)(F)c1cccc(-c2ccc(CS(=O)(=O)CC(=O)NCCO)c(C)c2)c1. The first-order valence-corrected chi connectivity index (χ1v) is 10.7. The Bertz CT molecular complexity index is 1000. The number of carbonyl (C=O) groups excluding carboxylic acids is 1. The summed E-state index contributed by atoms with van der Waals surface area (Å²) in [7, 11) is -3.70. The molecule has 0 spiro atoms. The van der Waals surface area contributed by atoms with Crippen molar-refractivity contribution < 1.29 is 27.1 Å². The van der Waals surface area contributed by atoms with E-state index in [-0.39, 0.29) is 24.5 Å². The second kappa shape index (κ2) is 9.28. The van der Waals surface area contributed by atoms with Gasteiger partial charge in [0.05, 0.1) is 12.4 Å². The number of carbonyl (C=O) groups is 1. The van der Waals surface area contributed by atoms with Gasteiger partial charge in [-0.05, 0) is 41.3 Å². The first-order valence-electron chi connectivity index (χ1n) is 8.88. The molecule has 2 aromatic carbocycles. The number of benzene rings is 2. The van der Waals surface area contributed by atoms with Gasteiger partial charge >= 0.3 is 0 Å². The number of hydrogen-bond donors (Lipinski definition) is 2. The molecule has 8 heteroatoms. The molecule has 0 radical (unpaired) electrons. The second-order valence-corrected chi connectivity index (χ2v) is 8.72. The van der Waals surface area contributed by atoms with Gasteiger partial charge in [-0.2, -0.15) is 8.78 Å². The molecule has 0 aliphatic carbocycles. The number of aliphatic hydroxyl groups excluding tert-OH is 1. The van der Waals surface area contributed by atoms with Crippen LogP contribution in [0.5, 0.6) is 0 Å². The van der Waals surface area contributed by atoms with Crippen LogP contribution in [0.25, 0.3) is 11.1 Å². The number of halogens is 2. The van der Waals surface area contributed by atoms with Gasteiger partial charge in [0.15, 0.2) is 9.84 Å². The number of allylic oxidation sites excluding steroid dienone is 1. The molecule has 0 atom stereocenters. The standard InChI is InChI=1S/C21H23F2NO4S/c1-3-21(22,23)19-6-4-5-16(12-19)17-7-8-18(15(2)11-17)13-29(27,28)14-20(26)24-9-10-25/h3-8,11-12,25H,1,9-10,13-14H2,2H3,(H,24,26). The number of aliphatic hydroxyl groups is 1. The molecule has 2 N–H and O–H groups in total. The minimum absolute atomic E-state index is 0.00790. The summed E-state index contributed by atoms with van der Waals surface area (Å²) < 4.78 is 52.2. The van der Waals surface area contributed by atoms with Gasteiger partial charge in [-0.15, -0.1) is 0 Å². The number of alkyl halides is 2. The summed E-state index contributed by atoms with van der Waals surface area (Å²) >= 11 is 0. The van der Waals surface area contributed by atoms with E-state index in [4.69, 9.17) is 5.11 Å². The molecule has 0 unspecified atom stereocenters. The molecule has 1 amide bonds. The molecule has 2 aromatic rings. The minimum atomic E-state index is -3.70. The van der Waals surface area contributed by atoms with E-state index >= 15 is 0 Å². The summed E-state index contributed by atoms with van der Waals surface area (Å²) in [5.41, 5.74) is 2.26. The molecule has 0 saturated carbocycles. The quantitative estimate of drug-likeness (QED) is 0.608. The third-order valence-electron chi connectivity index (χ3n) is 4.34. The fourth-order valence-electron chi connectivity index (χ4n) is 2.80. The van der Waals surface area contributed by atoms with E-state index in [1.54, 1.807) is 31.2 Å². The Morgan fingerprint density at radius 2 is 1.90 bits per heavy atom. The van der Waals surface area contributed by atoms with Crippen molar-refractivity contribution in [1.82, 2.24) is 5.32 Å². The second-order valence-electron chi connectivity index (χ2n) is 6.65. The van der Waals surface area contributed by atoms with Gasteiger partial charge in [-0.25, -0.2) is 8.42 Å². The lowest BCUT2D eigenvalue weighted by atomic mass is 9.97. The Balaban J connectivity index is 2.22. The molecule has 0 aliphatic heterocycles. The van der Waals surface area contributed by atoms with Gasteiger partial charge in [0.1, 0.15) is 5.75 Å². The van der Waals surface area contributed by atoms with Gasteiger partial charge in [-0.1, -0.05) is 43.0 Å². The van der Waals surface area contributed by atoms with Crippen LogP contribution in [-0.2, 0) is 26.3 Å². The number of rotatable bonds is 9. The van der Waals surface area contributed by atoms with E-state index in [0.717, 1.165) is 0 Å². The summed E-state index contributed by atoms with van der Waals surface area (Å²) in [4.78, 5) is 11.6. The average molecular weight is 423 g/mol. The molecule has 0 saturated heterocycles. The lowest BCUT2D eigenvalue weighted by Gasteiger charge is -2.14. The molecule has 0 aromatic heterocycles. The highest BCUT2D eigenvalue weighted by atomic mass is 32.2. The predicted octanol–water partition coefficient (Wildman–Crippen LogP) is 2.96. The molecule has 156 valence electrons. The smallest absolute Gasteiger partial charge is 0.291 e. The number of aryl methyl sites for hydroxylation is 1. The number of nitrogens with one attached hydrogen (secondary N) is 1. The van der Waals surface area contributed by atoms with Gasteiger partial charge in [0, 0.05) is 12.1 Å². The van der Waals surface area contributed by atoms with Gasteiger partial charge in [-0.3, -0.25) is 4.79 Å². The van der Waals surface area contributed by atoms with Crippen molar-refractivity contribution in [3.05, 3.63) is 71.8 Å². The highest BCUT2D eigenvalue weighted by Crippen LogP contribution is 2.32. The molecule has 0 bridgehead atoms. The van der Waals surface area contributed by atoms with E-state index < -0.39 is 27.4 Å². The van der Waals surface area contributed by atoms with Crippen molar-refractivity contribution in [3.8, 4) is 11.1 Å². The van der Waals surface area contributed by atoms with Crippen LogP contribution < -0.4 is 5.32 Å². The minimum Gasteiger partial charge on any atom is -0.395 e. The van der Waals surface area contributed by atoms with Crippen molar-refractivity contribution >= 4 is 15.7 Å². The highest BCUT2D eigenvalue weighted by molar-refractivity contribution is 7.91. The fraction of sp³-hybridized carbons (Fsp3) is 0.286. The van der Waals surface area contributed by atoms with Crippen molar-refractivity contribution in [2.24, 2.45) is 0 Å². The van der Waals surface area contributed by atoms with Crippen LogP contribution >= 0.6 is 0 Å². The Labute approximate surface area is 169 Å². The average Bonchev–Trinajstić information content (AvgIpc) is 2.67. The molecular formula is C21H23F2NO4S. The van der Waals surface area contributed by atoms with Crippen LogP contribution in [0.2, 0.25) is 0 Å². The predicted molar refractivity (Wildman–Crippen MR) is 108 cm³/mol. The zero-order valence-corrected chi connectivity index (χ0v) is 16.8. The number of sulfone groups is 1. The normalized spacial score (nSPS) is 11.9. The van der Waals surface area contributed by atoms with Crippen molar-refractivity contribution in [2.45, 2.75) is 18.6 Å². The van der Waals surface area contributed by atoms with Gasteiger partial charge in [0.2, 0.25) is 5.91 Å². The Morgan fingerprint density at radius 3 is 2.52 bits per heavy atom. The zero-order valence-electron chi connectivity index (χ0n) is 16.0. The molecular weight excluding hydrogens is 400 g/mol. The molecule has 0 fully saturated rings. The molecule has 29 heavy (non-hydrogen) atoms. The highest BCUT2D eigenvalue weighted by Gasteiger charge is 2.27. The van der Waals surface area contributed by atoms with Crippen molar-refractivity contribution in [1.29, 1.82) is 0 Å². The van der Waals surface area contributed by atoms with E-state index in [0.29, 0.717) is 28.3 Å². The summed E-state index contributed by atoms with van der Waals surface area (Å²) in [6.07, 6.45) is 0.585. The summed E-state index contributed by atoms with van der Waals surface area (Å²) in [5.74, 6) is -4.81. The lowest BCUT2D eigenvalue weighted by Crippen LogP contribution is -2.32. The first kappa shape index (κ1) is 22.7. The Hall–Kier alpha value is -2.58. The third kappa shape index (κ3) is 6.20. The fourth-order valence-corrected chi connectivity index (χ4v) is 4.20. The maximum atomic E-state index is 13.9. The van der Waals surface area contributed by atoms with Crippen LogP contribution in [-0.4, -0.2) is 38.3 Å². The summed E-state index contributed by atoms with van der Waals surface area (Å²) in [6.45, 7) is 4.61. The van der Waals surface area contributed by atoms with Crippen molar-refractivity contribution in [3.63, 3.8) is 0 Å². The van der Waals surface area contributed by atoms with Gasteiger partial charge < -0.3 is 10.4 Å². The summed E-state index contributed by atoms with van der Waals surface area (Å²) in [6, 6.07) is 10.9. The maximum absolute atomic E-state index is 13.9. The van der Waals surface area contributed by atoms with E-state index in [1.165, 1.54) is 18.2 Å². The topological polar surface area (TPSA) is 83.5 Å². The molecule has 0 aliphatic rings.